The van der Waals surface area contributed by atoms with Crippen molar-refractivity contribution in [2.45, 2.75) is 6.42 Å². The molecule has 0 atom stereocenters. The van der Waals surface area contributed by atoms with Crippen LogP contribution >= 0.6 is 0 Å². The summed E-state index contributed by atoms with van der Waals surface area (Å²) in [5.41, 5.74) is 3.78. The van der Waals surface area contributed by atoms with Crippen LogP contribution in [0.25, 0.3) is 0 Å². The van der Waals surface area contributed by atoms with Gasteiger partial charge in [-0.25, -0.2) is 0 Å². The number of nitrogens with zero attached hydrogens (tertiary/aromatic N) is 1. The number of rotatable bonds is 1. The van der Waals surface area contributed by atoms with Crippen LogP contribution in [0.15, 0.2) is 42.5 Å². The standard InChI is InChI=1S/C16H15NO2/c1-17-14-6-4-3-5-13(14)16(18)9-11-7-8-12(19-2)10-15(11)17/h3-8,10H,9H2,1-2H3. The van der Waals surface area contributed by atoms with Gasteiger partial charge >= 0.3 is 0 Å². The molecule has 0 spiro atoms. The number of Topliss-reactive ketones (excluding diaryl/α,β-unsaturated/α-hetero) is 1. The van der Waals surface area contributed by atoms with Gasteiger partial charge in [0.25, 0.3) is 0 Å². The van der Waals surface area contributed by atoms with Crippen LogP contribution in [0.1, 0.15) is 15.9 Å². The maximum Gasteiger partial charge on any atom is 0.169 e. The van der Waals surface area contributed by atoms with Gasteiger partial charge in [-0.2, -0.15) is 0 Å². The largest absolute Gasteiger partial charge is 0.497 e. The fourth-order valence-corrected chi connectivity index (χ4v) is 2.53. The van der Waals surface area contributed by atoms with Gasteiger partial charge in [0.15, 0.2) is 5.78 Å². The molecular formula is C16H15NO2. The van der Waals surface area contributed by atoms with Crippen molar-refractivity contribution < 1.29 is 9.53 Å². The molecule has 0 unspecified atom stereocenters. The average molecular weight is 253 g/mol. The molecule has 0 amide bonds. The van der Waals surface area contributed by atoms with E-state index in [1.807, 2.05) is 49.5 Å². The second-order valence-electron chi connectivity index (χ2n) is 4.67. The third-order valence-corrected chi connectivity index (χ3v) is 3.57. The van der Waals surface area contributed by atoms with Gasteiger partial charge in [0.05, 0.1) is 12.8 Å². The zero-order chi connectivity index (χ0) is 13.4. The first-order valence-corrected chi connectivity index (χ1v) is 6.23. The third-order valence-electron chi connectivity index (χ3n) is 3.57. The Labute approximate surface area is 112 Å². The summed E-state index contributed by atoms with van der Waals surface area (Å²) in [7, 11) is 3.63. The molecule has 3 nitrogen and oxygen atoms in total. The smallest absolute Gasteiger partial charge is 0.169 e. The highest BCUT2D eigenvalue weighted by Gasteiger charge is 2.23. The van der Waals surface area contributed by atoms with Gasteiger partial charge in [0.1, 0.15) is 5.75 Å². The third kappa shape index (κ3) is 1.87. The van der Waals surface area contributed by atoms with Crippen molar-refractivity contribution in [2.24, 2.45) is 0 Å². The van der Waals surface area contributed by atoms with Crippen LogP contribution in [-0.2, 0) is 6.42 Å². The lowest BCUT2D eigenvalue weighted by atomic mass is 10.0. The first-order chi connectivity index (χ1) is 9.20. The molecule has 2 aromatic carbocycles. The molecule has 3 rings (SSSR count). The van der Waals surface area contributed by atoms with Crippen LogP contribution < -0.4 is 9.64 Å². The van der Waals surface area contributed by atoms with Crippen molar-refractivity contribution >= 4 is 17.2 Å². The van der Waals surface area contributed by atoms with Gasteiger partial charge in [-0.3, -0.25) is 4.79 Å². The fourth-order valence-electron chi connectivity index (χ4n) is 2.53. The van der Waals surface area contributed by atoms with Gasteiger partial charge in [-0.15, -0.1) is 0 Å². The van der Waals surface area contributed by atoms with Crippen LogP contribution in [-0.4, -0.2) is 19.9 Å². The second-order valence-corrected chi connectivity index (χ2v) is 4.67. The van der Waals surface area contributed by atoms with Gasteiger partial charge in [-0.1, -0.05) is 18.2 Å². The van der Waals surface area contributed by atoms with Crippen LogP contribution in [0.4, 0.5) is 11.4 Å². The van der Waals surface area contributed by atoms with E-state index in [1.165, 1.54) is 0 Å². The molecule has 96 valence electrons. The quantitative estimate of drug-likeness (QED) is 0.781. The minimum atomic E-state index is 0.159. The second kappa shape index (κ2) is 4.43. The number of ketones is 1. The van der Waals surface area contributed by atoms with Crippen molar-refractivity contribution in [1.29, 1.82) is 0 Å². The molecule has 0 aromatic heterocycles. The predicted octanol–water partition coefficient (Wildman–Crippen LogP) is 3.20. The molecule has 0 saturated carbocycles. The molecule has 0 saturated heterocycles. The number of carbonyl (C=O) groups excluding carboxylic acids is 1. The number of para-hydroxylation sites is 1. The van der Waals surface area contributed by atoms with E-state index < -0.39 is 0 Å². The molecular weight excluding hydrogens is 238 g/mol. The van der Waals surface area contributed by atoms with E-state index >= 15 is 0 Å². The van der Waals surface area contributed by atoms with Crippen LogP contribution in [0.5, 0.6) is 5.75 Å². The maximum absolute atomic E-state index is 12.3. The average Bonchev–Trinajstić information content (AvgIpc) is 2.56. The predicted molar refractivity (Wildman–Crippen MR) is 75.5 cm³/mol. The first-order valence-electron chi connectivity index (χ1n) is 6.23. The summed E-state index contributed by atoms with van der Waals surface area (Å²) in [6.07, 6.45) is 0.431. The number of anilines is 2. The van der Waals surface area contributed by atoms with E-state index in [-0.39, 0.29) is 5.78 Å². The lowest BCUT2D eigenvalue weighted by Gasteiger charge is -2.21. The highest BCUT2D eigenvalue weighted by Crippen LogP contribution is 2.36. The Morgan fingerprint density at radius 2 is 1.89 bits per heavy atom. The Morgan fingerprint density at radius 3 is 2.68 bits per heavy atom. The van der Waals surface area contributed by atoms with Crippen molar-refractivity contribution in [3.05, 3.63) is 53.6 Å². The number of benzene rings is 2. The number of carbonyl (C=O) groups is 1. The van der Waals surface area contributed by atoms with E-state index in [9.17, 15) is 4.79 Å². The molecule has 2 aromatic rings. The molecule has 3 heteroatoms. The normalized spacial score (nSPS) is 13.6. The fraction of sp³-hybridized carbons (Fsp3) is 0.188. The molecule has 0 fully saturated rings. The van der Waals surface area contributed by atoms with Crippen molar-refractivity contribution in [3.8, 4) is 5.75 Å². The summed E-state index contributed by atoms with van der Waals surface area (Å²) in [5.74, 6) is 0.962. The molecule has 1 aliphatic heterocycles. The summed E-state index contributed by atoms with van der Waals surface area (Å²) in [6, 6.07) is 13.6. The zero-order valence-corrected chi connectivity index (χ0v) is 11.0. The molecule has 0 aliphatic carbocycles. The van der Waals surface area contributed by atoms with E-state index in [4.69, 9.17) is 4.74 Å². The Kier molecular flexibility index (Phi) is 2.75. The van der Waals surface area contributed by atoms with Gasteiger partial charge < -0.3 is 9.64 Å². The molecule has 19 heavy (non-hydrogen) atoms. The minimum Gasteiger partial charge on any atom is -0.497 e. The Hall–Kier alpha value is -2.29. The maximum atomic E-state index is 12.3. The van der Waals surface area contributed by atoms with Gasteiger partial charge in [0, 0.05) is 30.8 Å². The number of hydrogen-bond donors (Lipinski definition) is 0. The summed E-state index contributed by atoms with van der Waals surface area (Å²) in [4.78, 5) is 14.4. The van der Waals surface area contributed by atoms with Crippen LogP contribution in [0.2, 0.25) is 0 Å². The van der Waals surface area contributed by atoms with Crippen LogP contribution in [0, 0.1) is 0 Å². The highest BCUT2D eigenvalue weighted by molar-refractivity contribution is 6.05. The Balaban J connectivity index is 2.21. The first kappa shape index (κ1) is 11.8. The molecule has 0 bridgehead atoms. The molecule has 0 radical (unpaired) electrons. The SMILES string of the molecule is COc1ccc2c(c1)N(C)c1ccccc1C(=O)C2. The lowest BCUT2D eigenvalue weighted by molar-refractivity contribution is 0.0994. The number of fused-ring (bicyclic) bond motifs is 2. The van der Waals surface area contributed by atoms with Crippen molar-refractivity contribution in [1.82, 2.24) is 0 Å². The number of methoxy groups -OCH3 is 1. The van der Waals surface area contributed by atoms with Crippen molar-refractivity contribution in [2.75, 3.05) is 19.1 Å². The van der Waals surface area contributed by atoms with E-state index in [1.54, 1.807) is 7.11 Å². The number of ether oxygens (including phenoxy) is 1. The highest BCUT2D eigenvalue weighted by atomic mass is 16.5. The molecule has 0 N–H and O–H groups in total. The lowest BCUT2D eigenvalue weighted by Crippen LogP contribution is -2.11. The van der Waals surface area contributed by atoms with Gasteiger partial charge in [-0.05, 0) is 23.8 Å². The molecule has 1 aliphatic rings. The van der Waals surface area contributed by atoms with E-state index in [0.29, 0.717) is 6.42 Å². The summed E-state index contributed by atoms with van der Waals surface area (Å²) in [5, 5.41) is 0. The van der Waals surface area contributed by atoms with E-state index in [0.717, 1.165) is 28.3 Å². The van der Waals surface area contributed by atoms with Gasteiger partial charge in [0.2, 0.25) is 0 Å². The zero-order valence-electron chi connectivity index (χ0n) is 11.0. The summed E-state index contributed by atoms with van der Waals surface area (Å²) < 4.78 is 5.27. The molecule has 1 heterocycles. The minimum absolute atomic E-state index is 0.159. The topological polar surface area (TPSA) is 29.5 Å². The Morgan fingerprint density at radius 1 is 1.11 bits per heavy atom. The number of hydrogen-bond acceptors (Lipinski definition) is 3. The van der Waals surface area contributed by atoms with Crippen LogP contribution in [0.3, 0.4) is 0 Å². The Bertz CT molecular complexity index is 649. The summed E-state index contributed by atoms with van der Waals surface area (Å²) >= 11 is 0. The van der Waals surface area contributed by atoms with Crippen molar-refractivity contribution in [3.63, 3.8) is 0 Å². The summed E-state index contributed by atoms with van der Waals surface area (Å²) in [6.45, 7) is 0. The monoisotopic (exact) mass is 253 g/mol. The van der Waals surface area contributed by atoms with E-state index in [2.05, 4.69) is 4.90 Å².